The lowest BCUT2D eigenvalue weighted by Gasteiger charge is -2.31. The van der Waals surface area contributed by atoms with Crippen molar-refractivity contribution in [1.82, 2.24) is 0 Å². The maximum absolute atomic E-state index is 13.4. The Balaban J connectivity index is 1.42. The molecule has 0 unspecified atom stereocenters. The Morgan fingerprint density at radius 1 is 0.590 bits per heavy atom. The summed E-state index contributed by atoms with van der Waals surface area (Å²) in [6, 6.07) is 42.3. The van der Waals surface area contributed by atoms with Crippen molar-refractivity contribution in [2.45, 2.75) is 5.60 Å². The topological polar surface area (TPSA) is 53.6 Å². The van der Waals surface area contributed by atoms with Crippen LogP contribution in [0.3, 0.4) is 0 Å². The Labute approximate surface area is 228 Å². The van der Waals surface area contributed by atoms with Crippen molar-refractivity contribution in [3.05, 3.63) is 150 Å². The molecule has 2 N–H and O–H groups in total. The molecule has 5 nitrogen and oxygen atoms in total. The third kappa shape index (κ3) is 4.59. The Morgan fingerprint density at radius 2 is 1.05 bits per heavy atom. The first kappa shape index (κ1) is 24.3. The fourth-order valence-corrected chi connectivity index (χ4v) is 5.08. The number of cyclic esters (lactones) is 1. The van der Waals surface area contributed by atoms with Gasteiger partial charge in [0.05, 0.1) is 5.56 Å². The molecule has 0 radical (unpaired) electrons. The van der Waals surface area contributed by atoms with E-state index in [2.05, 4.69) is 10.6 Å². The largest absolute Gasteiger partial charge is 0.441 e. The maximum Gasteiger partial charge on any atom is 0.340 e. The first-order chi connectivity index (χ1) is 19.0. The minimum absolute atomic E-state index is 0.327. The number of carbonyl (C=O) groups excluding carboxylic acids is 1. The van der Waals surface area contributed by atoms with Crippen LogP contribution in [0.2, 0.25) is 0 Å². The van der Waals surface area contributed by atoms with Crippen LogP contribution in [0.1, 0.15) is 27.0 Å². The van der Waals surface area contributed by atoms with E-state index in [4.69, 9.17) is 4.74 Å². The second-order valence-corrected chi connectivity index (χ2v) is 9.83. The number of carbonyl (C=O) groups is 1. The number of nitrogens with one attached hydrogen (secondary N) is 2. The van der Waals surface area contributed by atoms with E-state index in [0.717, 1.165) is 45.1 Å². The first-order valence-corrected chi connectivity index (χ1v) is 12.9. The third-order valence-electron chi connectivity index (χ3n) is 7.07. The molecule has 0 saturated carbocycles. The summed E-state index contributed by atoms with van der Waals surface area (Å²) in [6.07, 6.45) is 0. The monoisotopic (exact) mass is 511 g/mol. The summed E-state index contributed by atoms with van der Waals surface area (Å²) in [4.78, 5) is 15.3. The van der Waals surface area contributed by atoms with Crippen molar-refractivity contribution < 1.29 is 9.53 Å². The molecule has 0 aromatic heterocycles. The van der Waals surface area contributed by atoms with Gasteiger partial charge in [-0.2, -0.15) is 0 Å². The van der Waals surface area contributed by atoms with Crippen LogP contribution in [0, 0.1) is 0 Å². The molecule has 0 spiro atoms. The molecule has 0 saturated heterocycles. The third-order valence-corrected chi connectivity index (χ3v) is 7.07. The maximum atomic E-state index is 13.4. The Kier molecular flexibility index (Phi) is 6.25. The summed E-state index contributed by atoms with van der Waals surface area (Å²) in [6.45, 7) is 0. The molecule has 0 amide bonds. The standard InChI is InChI=1S/C34H29N3O2/c1-37(2)30-21-22-32-31(23-30)33(38)39-34(32,24-13-17-28(18-14-24)35-26-9-5-3-6-10-26)25-15-19-29(20-16-25)36-27-11-7-4-8-12-27/h3-23,35-36H,1-2H3. The summed E-state index contributed by atoms with van der Waals surface area (Å²) in [7, 11) is 3.93. The molecule has 192 valence electrons. The van der Waals surface area contributed by atoms with E-state index < -0.39 is 5.60 Å². The van der Waals surface area contributed by atoms with Gasteiger partial charge in [-0.15, -0.1) is 0 Å². The van der Waals surface area contributed by atoms with Crippen molar-refractivity contribution in [3.63, 3.8) is 0 Å². The van der Waals surface area contributed by atoms with Gasteiger partial charge >= 0.3 is 5.97 Å². The number of benzene rings is 5. The van der Waals surface area contributed by atoms with Gasteiger partial charge in [-0.3, -0.25) is 0 Å². The van der Waals surface area contributed by atoms with Gasteiger partial charge in [0, 0.05) is 59.2 Å². The predicted molar refractivity (Wildman–Crippen MR) is 158 cm³/mol. The van der Waals surface area contributed by atoms with E-state index >= 15 is 0 Å². The quantitative estimate of drug-likeness (QED) is 0.219. The minimum atomic E-state index is -1.06. The molecular formula is C34H29N3O2. The SMILES string of the molecule is CN(C)c1ccc2c(c1)C(=O)OC2(c1ccc(Nc2ccccc2)cc1)c1ccc(Nc2ccccc2)cc1. The summed E-state index contributed by atoms with van der Waals surface area (Å²) in [5.74, 6) is -0.327. The fraction of sp³-hybridized carbons (Fsp3) is 0.0882. The molecule has 5 aromatic rings. The number of fused-ring (bicyclic) bond motifs is 1. The molecule has 5 aromatic carbocycles. The highest BCUT2D eigenvalue weighted by Crippen LogP contribution is 2.48. The molecule has 39 heavy (non-hydrogen) atoms. The van der Waals surface area contributed by atoms with Gasteiger partial charge in [0.1, 0.15) is 0 Å². The lowest BCUT2D eigenvalue weighted by atomic mass is 9.79. The van der Waals surface area contributed by atoms with E-state index in [-0.39, 0.29) is 5.97 Å². The van der Waals surface area contributed by atoms with E-state index in [1.165, 1.54) is 0 Å². The number of rotatable bonds is 7. The van der Waals surface area contributed by atoms with Crippen LogP contribution in [-0.2, 0) is 10.3 Å². The first-order valence-electron chi connectivity index (χ1n) is 12.9. The number of hydrogen-bond acceptors (Lipinski definition) is 5. The number of esters is 1. The molecule has 5 heteroatoms. The number of anilines is 5. The highest BCUT2D eigenvalue weighted by atomic mass is 16.6. The summed E-state index contributed by atoms with van der Waals surface area (Å²) in [5, 5.41) is 6.86. The van der Waals surface area contributed by atoms with Gasteiger partial charge < -0.3 is 20.3 Å². The molecule has 1 aliphatic heterocycles. The number of nitrogens with zero attached hydrogens (tertiary/aromatic N) is 1. The highest BCUT2D eigenvalue weighted by molar-refractivity contribution is 5.97. The van der Waals surface area contributed by atoms with E-state index in [1.807, 2.05) is 146 Å². The zero-order valence-electron chi connectivity index (χ0n) is 21.9. The Bertz CT molecular complexity index is 1510. The molecule has 6 rings (SSSR count). The lowest BCUT2D eigenvalue weighted by molar-refractivity contribution is 0.0251. The van der Waals surface area contributed by atoms with Crippen LogP contribution >= 0.6 is 0 Å². The normalized spacial score (nSPS) is 13.3. The molecule has 0 atom stereocenters. The van der Waals surface area contributed by atoms with Crippen LogP contribution in [0.25, 0.3) is 0 Å². The van der Waals surface area contributed by atoms with Crippen molar-refractivity contribution in [1.29, 1.82) is 0 Å². The Morgan fingerprint density at radius 3 is 1.51 bits per heavy atom. The summed E-state index contributed by atoms with van der Waals surface area (Å²) in [5.41, 5.74) is 7.00. The van der Waals surface area contributed by atoms with Crippen LogP contribution in [-0.4, -0.2) is 20.1 Å². The van der Waals surface area contributed by atoms with Gasteiger partial charge in [-0.05, 0) is 60.7 Å². The zero-order chi connectivity index (χ0) is 26.8. The van der Waals surface area contributed by atoms with E-state index in [9.17, 15) is 4.79 Å². The fourth-order valence-electron chi connectivity index (χ4n) is 5.08. The van der Waals surface area contributed by atoms with Crippen LogP contribution in [0.4, 0.5) is 28.4 Å². The lowest BCUT2D eigenvalue weighted by Crippen LogP contribution is -2.29. The number of ether oxygens (including phenoxy) is 1. The van der Waals surface area contributed by atoms with Gasteiger partial charge in [-0.1, -0.05) is 66.7 Å². The smallest absolute Gasteiger partial charge is 0.340 e. The second-order valence-electron chi connectivity index (χ2n) is 9.83. The number of para-hydroxylation sites is 2. The van der Waals surface area contributed by atoms with Crippen molar-refractivity contribution in [2.24, 2.45) is 0 Å². The minimum Gasteiger partial charge on any atom is -0.441 e. The van der Waals surface area contributed by atoms with E-state index in [1.54, 1.807) is 0 Å². The Hall–Kier alpha value is -5.03. The second kappa shape index (κ2) is 10.0. The van der Waals surface area contributed by atoms with Crippen LogP contribution in [0.5, 0.6) is 0 Å². The molecular weight excluding hydrogens is 482 g/mol. The van der Waals surface area contributed by atoms with Crippen molar-refractivity contribution >= 4 is 34.4 Å². The molecule has 0 aliphatic carbocycles. The van der Waals surface area contributed by atoms with E-state index in [0.29, 0.717) is 5.56 Å². The molecule has 1 heterocycles. The van der Waals surface area contributed by atoms with Gasteiger partial charge in [0.15, 0.2) is 5.60 Å². The predicted octanol–water partition coefficient (Wildman–Crippen LogP) is 7.70. The number of hydrogen-bond donors (Lipinski definition) is 2. The van der Waals surface area contributed by atoms with Crippen LogP contribution < -0.4 is 15.5 Å². The van der Waals surface area contributed by atoms with Crippen molar-refractivity contribution in [3.8, 4) is 0 Å². The summed E-state index contributed by atoms with van der Waals surface area (Å²) < 4.78 is 6.34. The van der Waals surface area contributed by atoms with Crippen molar-refractivity contribution in [2.75, 3.05) is 29.6 Å². The molecule has 1 aliphatic rings. The summed E-state index contributed by atoms with van der Waals surface area (Å²) >= 11 is 0. The van der Waals surface area contributed by atoms with Gasteiger partial charge in [0.25, 0.3) is 0 Å². The average molecular weight is 512 g/mol. The molecule has 0 bridgehead atoms. The average Bonchev–Trinajstić information content (AvgIpc) is 3.27. The highest BCUT2D eigenvalue weighted by Gasteiger charge is 2.48. The molecule has 0 fully saturated rings. The van der Waals surface area contributed by atoms with Crippen LogP contribution in [0.15, 0.2) is 127 Å². The van der Waals surface area contributed by atoms with Gasteiger partial charge in [0.2, 0.25) is 0 Å². The van der Waals surface area contributed by atoms with Gasteiger partial charge in [-0.25, -0.2) is 4.79 Å². The zero-order valence-corrected chi connectivity index (χ0v) is 21.9.